The molecular formula is C17H31N3O3. The predicted octanol–water partition coefficient (Wildman–Crippen LogP) is 1.84. The van der Waals surface area contributed by atoms with Crippen molar-refractivity contribution in [3.8, 4) is 0 Å². The number of hydrogen-bond acceptors (Lipinski definition) is 4. The molecule has 0 aromatic rings. The summed E-state index contributed by atoms with van der Waals surface area (Å²) in [7, 11) is 1.87. The zero-order valence-corrected chi connectivity index (χ0v) is 14.9. The number of hydrogen-bond donors (Lipinski definition) is 1. The van der Waals surface area contributed by atoms with Gasteiger partial charge in [0.15, 0.2) is 0 Å². The van der Waals surface area contributed by atoms with Crippen molar-refractivity contribution in [2.24, 2.45) is 5.92 Å². The van der Waals surface area contributed by atoms with Crippen LogP contribution >= 0.6 is 0 Å². The number of ether oxygens (including phenoxy) is 1. The van der Waals surface area contributed by atoms with Crippen LogP contribution in [0.5, 0.6) is 0 Å². The SMILES string of the molecule is CC(C)C[C@H](C)OC(=O)NC1CCN([C@H]2CCN(C)C2=O)CC1. The number of piperidine rings is 1. The van der Waals surface area contributed by atoms with E-state index < -0.39 is 0 Å². The summed E-state index contributed by atoms with van der Waals surface area (Å²) in [5.74, 6) is 0.751. The molecule has 6 heteroatoms. The molecule has 0 saturated carbocycles. The summed E-state index contributed by atoms with van der Waals surface area (Å²) in [6, 6.07) is 0.193. The molecule has 2 aliphatic heterocycles. The van der Waals surface area contributed by atoms with Crippen LogP contribution in [-0.4, -0.2) is 66.7 Å². The fourth-order valence-electron chi connectivity index (χ4n) is 3.59. The van der Waals surface area contributed by atoms with E-state index >= 15 is 0 Å². The number of likely N-dealkylation sites (tertiary alicyclic amines) is 2. The summed E-state index contributed by atoms with van der Waals surface area (Å²) in [5, 5.41) is 2.97. The Morgan fingerprint density at radius 2 is 1.87 bits per heavy atom. The van der Waals surface area contributed by atoms with Gasteiger partial charge >= 0.3 is 6.09 Å². The molecule has 0 aromatic heterocycles. The molecule has 2 aliphatic rings. The van der Waals surface area contributed by atoms with Crippen LogP contribution in [0.25, 0.3) is 0 Å². The summed E-state index contributed by atoms with van der Waals surface area (Å²) >= 11 is 0. The maximum Gasteiger partial charge on any atom is 0.407 e. The topological polar surface area (TPSA) is 61.9 Å². The van der Waals surface area contributed by atoms with Crippen LogP contribution in [0.4, 0.5) is 4.79 Å². The Kier molecular flexibility index (Phi) is 6.27. The Balaban J connectivity index is 1.70. The van der Waals surface area contributed by atoms with Gasteiger partial charge in [0.1, 0.15) is 6.10 Å². The summed E-state index contributed by atoms with van der Waals surface area (Å²) < 4.78 is 5.40. The summed E-state index contributed by atoms with van der Waals surface area (Å²) in [6.45, 7) is 8.74. The normalized spacial score (nSPS) is 25.0. The first-order chi connectivity index (χ1) is 10.9. The first kappa shape index (κ1) is 18.0. The smallest absolute Gasteiger partial charge is 0.407 e. The summed E-state index contributed by atoms with van der Waals surface area (Å²) in [6.07, 6.45) is 3.18. The Morgan fingerprint density at radius 3 is 2.39 bits per heavy atom. The van der Waals surface area contributed by atoms with Gasteiger partial charge < -0.3 is 15.0 Å². The van der Waals surface area contributed by atoms with E-state index in [9.17, 15) is 9.59 Å². The van der Waals surface area contributed by atoms with Crippen LogP contribution in [0.2, 0.25) is 0 Å². The van der Waals surface area contributed by atoms with Crippen molar-refractivity contribution in [2.75, 3.05) is 26.7 Å². The molecule has 1 N–H and O–H groups in total. The number of nitrogens with zero attached hydrogens (tertiary/aromatic N) is 2. The van der Waals surface area contributed by atoms with Crippen LogP contribution in [0.1, 0.15) is 46.5 Å². The van der Waals surface area contributed by atoms with Gasteiger partial charge in [-0.2, -0.15) is 0 Å². The molecule has 23 heavy (non-hydrogen) atoms. The lowest BCUT2D eigenvalue weighted by molar-refractivity contribution is -0.131. The molecular weight excluding hydrogens is 294 g/mol. The predicted molar refractivity (Wildman–Crippen MR) is 89.2 cm³/mol. The third kappa shape index (κ3) is 5.09. The molecule has 2 saturated heterocycles. The second-order valence-corrected chi connectivity index (χ2v) is 7.36. The van der Waals surface area contributed by atoms with Gasteiger partial charge in [-0.15, -0.1) is 0 Å². The lowest BCUT2D eigenvalue weighted by atomic mass is 10.0. The fraction of sp³-hybridized carbons (Fsp3) is 0.882. The first-order valence-electron chi connectivity index (χ1n) is 8.83. The van der Waals surface area contributed by atoms with Crippen molar-refractivity contribution >= 4 is 12.0 Å². The van der Waals surface area contributed by atoms with Gasteiger partial charge in [-0.1, -0.05) is 13.8 Å². The Labute approximate surface area is 139 Å². The number of amides is 2. The van der Waals surface area contributed by atoms with Crippen LogP contribution in [0.3, 0.4) is 0 Å². The van der Waals surface area contributed by atoms with Gasteiger partial charge in [-0.05, 0) is 38.5 Å². The highest BCUT2D eigenvalue weighted by molar-refractivity contribution is 5.83. The lowest BCUT2D eigenvalue weighted by Gasteiger charge is -2.35. The maximum absolute atomic E-state index is 12.1. The molecule has 0 unspecified atom stereocenters. The molecule has 132 valence electrons. The molecule has 2 fully saturated rings. The summed E-state index contributed by atoms with van der Waals surface area (Å²) in [4.78, 5) is 28.1. The van der Waals surface area contributed by atoms with Crippen molar-refractivity contribution in [1.29, 1.82) is 0 Å². The van der Waals surface area contributed by atoms with Crippen molar-refractivity contribution in [2.45, 2.75) is 64.6 Å². The highest BCUT2D eigenvalue weighted by atomic mass is 16.6. The van der Waals surface area contributed by atoms with E-state index in [2.05, 4.69) is 24.1 Å². The van der Waals surface area contributed by atoms with E-state index in [0.29, 0.717) is 5.92 Å². The molecule has 2 rings (SSSR count). The molecule has 0 radical (unpaired) electrons. The molecule has 2 atom stereocenters. The zero-order valence-electron chi connectivity index (χ0n) is 14.9. The summed E-state index contributed by atoms with van der Waals surface area (Å²) in [5.41, 5.74) is 0. The highest BCUT2D eigenvalue weighted by Crippen LogP contribution is 2.21. The number of carbonyl (C=O) groups excluding carboxylic acids is 2. The van der Waals surface area contributed by atoms with Gasteiger partial charge in [-0.25, -0.2) is 4.79 Å². The molecule has 0 spiro atoms. The minimum absolute atomic E-state index is 0.0407. The fourth-order valence-corrected chi connectivity index (χ4v) is 3.59. The number of rotatable bonds is 5. The van der Waals surface area contributed by atoms with E-state index in [1.165, 1.54) is 0 Å². The maximum atomic E-state index is 12.1. The van der Waals surface area contributed by atoms with Crippen molar-refractivity contribution in [3.63, 3.8) is 0 Å². The van der Waals surface area contributed by atoms with Crippen molar-refractivity contribution < 1.29 is 14.3 Å². The highest BCUT2D eigenvalue weighted by Gasteiger charge is 2.35. The largest absolute Gasteiger partial charge is 0.447 e. The van der Waals surface area contributed by atoms with Gasteiger partial charge in [-0.3, -0.25) is 9.69 Å². The Bertz CT molecular complexity index is 419. The number of likely N-dealkylation sites (N-methyl/N-ethyl adjacent to an activating group) is 1. The van der Waals surface area contributed by atoms with Gasteiger partial charge in [0.25, 0.3) is 0 Å². The van der Waals surface area contributed by atoms with E-state index in [4.69, 9.17) is 4.74 Å². The van der Waals surface area contributed by atoms with Crippen LogP contribution in [0, 0.1) is 5.92 Å². The zero-order chi connectivity index (χ0) is 17.0. The lowest BCUT2D eigenvalue weighted by Crippen LogP contribution is -2.50. The second kappa shape index (κ2) is 7.99. The van der Waals surface area contributed by atoms with Crippen LogP contribution in [0.15, 0.2) is 0 Å². The second-order valence-electron chi connectivity index (χ2n) is 7.36. The monoisotopic (exact) mass is 325 g/mol. The molecule has 6 nitrogen and oxygen atoms in total. The third-order valence-electron chi connectivity index (χ3n) is 4.80. The third-order valence-corrected chi connectivity index (χ3v) is 4.80. The average molecular weight is 325 g/mol. The first-order valence-corrected chi connectivity index (χ1v) is 8.83. The van der Waals surface area contributed by atoms with Gasteiger partial charge in [0.2, 0.25) is 5.91 Å². The standard InChI is InChI=1S/C17H31N3O3/c1-12(2)11-13(3)23-17(22)18-14-5-9-20(10-6-14)15-7-8-19(4)16(15)21/h12-15H,5-11H2,1-4H3,(H,18,22)/t13-,15-/m0/s1. The molecule has 0 bridgehead atoms. The minimum Gasteiger partial charge on any atom is -0.447 e. The van der Waals surface area contributed by atoms with Gasteiger partial charge in [0.05, 0.1) is 6.04 Å². The minimum atomic E-state index is -0.312. The molecule has 2 heterocycles. The average Bonchev–Trinajstić information content (AvgIpc) is 2.79. The van der Waals surface area contributed by atoms with Crippen molar-refractivity contribution in [1.82, 2.24) is 15.1 Å². The molecule has 0 aromatic carbocycles. The van der Waals surface area contributed by atoms with Crippen LogP contribution in [-0.2, 0) is 9.53 Å². The van der Waals surface area contributed by atoms with E-state index in [0.717, 1.165) is 45.3 Å². The Hall–Kier alpha value is -1.30. The Morgan fingerprint density at radius 1 is 1.22 bits per heavy atom. The van der Waals surface area contributed by atoms with Crippen molar-refractivity contribution in [3.05, 3.63) is 0 Å². The molecule has 2 amide bonds. The molecule has 0 aliphatic carbocycles. The quantitative estimate of drug-likeness (QED) is 0.838. The van der Waals surface area contributed by atoms with Gasteiger partial charge in [0, 0.05) is 32.7 Å². The van der Waals surface area contributed by atoms with E-state index in [-0.39, 0.29) is 30.2 Å². The number of alkyl carbamates (subject to hydrolysis) is 1. The van der Waals surface area contributed by atoms with Crippen LogP contribution < -0.4 is 5.32 Å². The number of nitrogens with one attached hydrogen (secondary N) is 1. The van der Waals surface area contributed by atoms with E-state index in [1.54, 1.807) is 0 Å². The van der Waals surface area contributed by atoms with E-state index in [1.807, 2.05) is 18.9 Å². The number of carbonyl (C=O) groups is 2.